The van der Waals surface area contributed by atoms with E-state index in [9.17, 15) is 14.0 Å². The topological polar surface area (TPSA) is 66.4 Å². The summed E-state index contributed by atoms with van der Waals surface area (Å²) >= 11 is 0. The predicted octanol–water partition coefficient (Wildman–Crippen LogP) is 3.08. The number of amides is 1. The lowest BCUT2D eigenvalue weighted by Crippen LogP contribution is -2.15. The number of carbonyl (C=O) groups is 2. The van der Waals surface area contributed by atoms with Crippen LogP contribution in [0.1, 0.15) is 26.3 Å². The molecule has 0 aliphatic rings. The number of carbonyl (C=O) groups excluding carboxylic acids is 1. The highest BCUT2D eigenvalue weighted by molar-refractivity contribution is 6.05. The highest BCUT2D eigenvalue weighted by Gasteiger charge is 2.13. The molecule has 2 aromatic carbocycles. The van der Waals surface area contributed by atoms with E-state index in [1.807, 2.05) is 0 Å². The van der Waals surface area contributed by atoms with Crippen molar-refractivity contribution >= 4 is 17.6 Å². The van der Waals surface area contributed by atoms with Gasteiger partial charge in [0, 0.05) is 5.69 Å². The zero-order chi connectivity index (χ0) is 14.7. The van der Waals surface area contributed by atoms with Crippen molar-refractivity contribution in [3.8, 4) is 0 Å². The predicted molar refractivity (Wildman–Crippen MR) is 72.5 cm³/mol. The van der Waals surface area contributed by atoms with Crippen molar-refractivity contribution in [3.05, 3.63) is 65.0 Å². The van der Waals surface area contributed by atoms with Gasteiger partial charge in [-0.3, -0.25) is 4.79 Å². The van der Waals surface area contributed by atoms with E-state index in [2.05, 4.69) is 5.32 Å². The second-order valence-corrected chi connectivity index (χ2v) is 4.27. The smallest absolute Gasteiger partial charge is 0.335 e. The number of hydrogen-bond donors (Lipinski definition) is 2. The van der Waals surface area contributed by atoms with Gasteiger partial charge >= 0.3 is 5.97 Å². The van der Waals surface area contributed by atoms with Crippen molar-refractivity contribution in [2.24, 2.45) is 0 Å². The SMILES string of the molecule is Cc1ccc(C(=O)O)cc1NC(=O)c1ccccc1F. The van der Waals surface area contributed by atoms with Crippen molar-refractivity contribution in [2.75, 3.05) is 5.32 Å². The number of halogens is 1. The summed E-state index contributed by atoms with van der Waals surface area (Å²) in [5, 5.41) is 11.4. The van der Waals surface area contributed by atoms with Gasteiger partial charge in [-0.1, -0.05) is 18.2 Å². The first-order valence-electron chi connectivity index (χ1n) is 5.89. The molecule has 0 aromatic heterocycles. The minimum atomic E-state index is -1.09. The van der Waals surface area contributed by atoms with Gasteiger partial charge in [-0.05, 0) is 36.8 Å². The molecule has 0 aliphatic carbocycles. The van der Waals surface area contributed by atoms with Crippen LogP contribution in [0, 0.1) is 12.7 Å². The summed E-state index contributed by atoms with van der Waals surface area (Å²) in [6, 6.07) is 9.96. The molecule has 2 rings (SSSR count). The van der Waals surface area contributed by atoms with Crippen LogP contribution in [0.3, 0.4) is 0 Å². The molecule has 0 unspecified atom stereocenters. The van der Waals surface area contributed by atoms with E-state index in [1.54, 1.807) is 19.1 Å². The second-order valence-electron chi connectivity index (χ2n) is 4.27. The highest BCUT2D eigenvalue weighted by Crippen LogP contribution is 2.18. The van der Waals surface area contributed by atoms with Gasteiger partial charge in [0.2, 0.25) is 0 Å². The number of anilines is 1. The molecule has 20 heavy (non-hydrogen) atoms. The monoisotopic (exact) mass is 273 g/mol. The van der Waals surface area contributed by atoms with Crippen LogP contribution in [0.4, 0.5) is 10.1 Å². The number of carboxylic acids is 1. The van der Waals surface area contributed by atoms with Gasteiger partial charge in [0.15, 0.2) is 0 Å². The van der Waals surface area contributed by atoms with Crippen LogP contribution in [0.2, 0.25) is 0 Å². The standard InChI is InChI=1S/C15H12FNO3/c1-9-6-7-10(15(19)20)8-13(9)17-14(18)11-4-2-3-5-12(11)16/h2-8H,1H3,(H,17,18)(H,19,20). The summed E-state index contributed by atoms with van der Waals surface area (Å²) in [7, 11) is 0. The third-order valence-corrected chi connectivity index (χ3v) is 2.85. The Morgan fingerprint density at radius 1 is 1.15 bits per heavy atom. The highest BCUT2D eigenvalue weighted by atomic mass is 19.1. The molecule has 0 atom stereocenters. The van der Waals surface area contributed by atoms with E-state index in [4.69, 9.17) is 5.11 Å². The minimum absolute atomic E-state index is 0.0550. The molecule has 1 amide bonds. The number of carboxylic acid groups (broad SMARTS) is 1. The number of nitrogens with one attached hydrogen (secondary N) is 1. The number of hydrogen-bond acceptors (Lipinski definition) is 2. The van der Waals surface area contributed by atoms with E-state index >= 15 is 0 Å². The fourth-order valence-corrected chi connectivity index (χ4v) is 1.72. The Morgan fingerprint density at radius 2 is 1.85 bits per heavy atom. The lowest BCUT2D eigenvalue weighted by atomic mass is 10.1. The van der Waals surface area contributed by atoms with E-state index in [0.29, 0.717) is 11.3 Å². The molecule has 0 saturated heterocycles. The van der Waals surface area contributed by atoms with Gasteiger partial charge in [0.1, 0.15) is 5.82 Å². The van der Waals surface area contributed by atoms with E-state index in [0.717, 1.165) is 0 Å². The van der Waals surface area contributed by atoms with Crippen LogP contribution < -0.4 is 5.32 Å². The van der Waals surface area contributed by atoms with Crippen molar-refractivity contribution in [1.29, 1.82) is 0 Å². The fraction of sp³-hybridized carbons (Fsp3) is 0.0667. The van der Waals surface area contributed by atoms with E-state index < -0.39 is 17.7 Å². The number of rotatable bonds is 3. The van der Waals surface area contributed by atoms with Crippen LogP contribution in [-0.2, 0) is 0 Å². The van der Waals surface area contributed by atoms with Crippen LogP contribution >= 0.6 is 0 Å². The third-order valence-electron chi connectivity index (χ3n) is 2.85. The van der Waals surface area contributed by atoms with Gasteiger partial charge in [-0.15, -0.1) is 0 Å². The van der Waals surface area contributed by atoms with Crippen molar-refractivity contribution in [1.82, 2.24) is 0 Å². The maximum absolute atomic E-state index is 13.5. The summed E-state index contributed by atoms with van der Waals surface area (Å²) in [6.07, 6.45) is 0. The average Bonchev–Trinajstić information content (AvgIpc) is 2.41. The van der Waals surface area contributed by atoms with Crippen molar-refractivity contribution < 1.29 is 19.1 Å². The summed E-state index contributed by atoms with van der Waals surface area (Å²) in [6.45, 7) is 1.72. The minimum Gasteiger partial charge on any atom is -0.478 e. The van der Waals surface area contributed by atoms with Gasteiger partial charge in [-0.25, -0.2) is 9.18 Å². The average molecular weight is 273 g/mol. The molecule has 0 radical (unpaired) electrons. The molecule has 2 N–H and O–H groups in total. The van der Waals surface area contributed by atoms with Gasteiger partial charge < -0.3 is 10.4 Å². The molecule has 5 heteroatoms. The Kier molecular flexibility index (Phi) is 3.79. The first kappa shape index (κ1) is 13.7. The summed E-state index contributed by atoms with van der Waals surface area (Å²) in [5.41, 5.74) is 1.00. The lowest BCUT2D eigenvalue weighted by molar-refractivity contribution is 0.0696. The largest absolute Gasteiger partial charge is 0.478 e. The first-order chi connectivity index (χ1) is 9.49. The normalized spacial score (nSPS) is 10.1. The summed E-state index contributed by atoms with van der Waals surface area (Å²) in [4.78, 5) is 22.9. The first-order valence-corrected chi connectivity index (χ1v) is 5.89. The maximum atomic E-state index is 13.5. The zero-order valence-electron chi connectivity index (χ0n) is 10.7. The van der Waals surface area contributed by atoms with Crippen LogP contribution in [0.15, 0.2) is 42.5 Å². The molecule has 0 aliphatic heterocycles. The Labute approximate surface area is 114 Å². The van der Waals surface area contributed by atoms with Crippen molar-refractivity contribution in [2.45, 2.75) is 6.92 Å². The Hall–Kier alpha value is -2.69. The Morgan fingerprint density at radius 3 is 2.50 bits per heavy atom. The zero-order valence-corrected chi connectivity index (χ0v) is 10.7. The Balaban J connectivity index is 2.30. The molecule has 4 nitrogen and oxygen atoms in total. The van der Waals surface area contributed by atoms with Crippen LogP contribution in [0.25, 0.3) is 0 Å². The molecule has 0 saturated carbocycles. The van der Waals surface area contributed by atoms with Gasteiger partial charge in [-0.2, -0.15) is 0 Å². The lowest BCUT2D eigenvalue weighted by Gasteiger charge is -2.09. The van der Waals surface area contributed by atoms with E-state index in [-0.39, 0.29) is 11.1 Å². The molecule has 0 spiro atoms. The summed E-state index contributed by atoms with van der Waals surface area (Å²) in [5.74, 6) is -2.34. The van der Waals surface area contributed by atoms with Crippen LogP contribution in [0.5, 0.6) is 0 Å². The quantitative estimate of drug-likeness (QED) is 0.903. The maximum Gasteiger partial charge on any atom is 0.335 e. The van der Waals surface area contributed by atoms with E-state index in [1.165, 1.54) is 30.3 Å². The molecule has 102 valence electrons. The molecule has 2 aromatic rings. The molecular weight excluding hydrogens is 261 g/mol. The van der Waals surface area contributed by atoms with Gasteiger partial charge in [0.25, 0.3) is 5.91 Å². The van der Waals surface area contributed by atoms with Crippen LogP contribution in [-0.4, -0.2) is 17.0 Å². The number of aromatic carboxylic acids is 1. The fourth-order valence-electron chi connectivity index (χ4n) is 1.72. The second kappa shape index (κ2) is 5.52. The molecule has 0 fully saturated rings. The molecular formula is C15H12FNO3. The van der Waals surface area contributed by atoms with Gasteiger partial charge in [0.05, 0.1) is 11.1 Å². The third kappa shape index (κ3) is 2.83. The Bertz CT molecular complexity index is 683. The van der Waals surface area contributed by atoms with Crippen molar-refractivity contribution in [3.63, 3.8) is 0 Å². The molecule has 0 heterocycles. The number of aryl methyl sites for hydroxylation is 1. The molecule has 0 bridgehead atoms. The summed E-state index contributed by atoms with van der Waals surface area (Å²) < 4.78 is 13.5. The number of benzene rings is 2.